The van der Waals surface area contributed by atoms with Crippen molar-refractivity contribution in [2.45, 2.75) is 25.8 Å². The summed E-state index contributed by atoms with van der Waals surface area (Å²) in [6, 6.07) is 9.90. The van der Waals surface area contributed by atoms with E-state index in [4.69, 9.17) is 0 Å². The molecule has 0 unspecified atom stereocenters. The standard InChI is InChI=1S/C20H19FN4O2/c1-11-23-17-7-12(3-6-18(17)25(11)2)10-22-20(27)15-9-19(26)24-16-5-4-13(21)8-14(15)16/h3-8,15H,9-10H2,1-2H3,(H,22,27)(H,24,26)/t15-/m0/s1. The smallest absolute Gasteiger partial charge is 0.228 e. The number of aryl methyl sites for hydroxylation is 2. The Morgan fingerprint density at radius 1 is 1.33 bits per heavy atom. The van der Waals surface area contributed by atoms with Gasteiger partial charge in [0, 0.05) is 25.7 Å². The van der Waals surface area contributed by atoms with Crippen LogP contribution in [0.3, 0.4) is 0 Å². The molecule has 138 valence electrons. The molecule has 1 aliphatic heterocycles. The summed E-state index contributed by atoms with van der Waals surface area (Å²) in [5.41, 5.74) is 3.79. The molecule has 0 spiro atoms. The van der Waals surface area contributed by atoms with Gasteiger partial charge in [-0.15, -0.1) is 0 Å². The van der Waals surface area contributed by atoms with Gasteiger partial charge in [-0.1, -0.05) is 6.07 Å². The predicted octanol–water partition coefficient (Wildman–Crippen LogP) is 2.76. The second kappa shape index (κ2) is 6.50. The minimum absolute atomic E-state index is 0.000751. The highest BCUT2D eigenvalue weighted by Crippen LogP contribution is 2.33. The summed E-state index contributed by atoms with van der Waals surface area (Å²) in [4.78, 5) is 29.1. The van der Waals surface area contributed by atoms with Crippen LogP contribution in [0, 0.1) is 12.7 Å². The van der Waals surface area contributed by atoms with Crippen molar-refractivity contribution in [1.82, 2.24) is 14.9 Å². The number of hydrogen-bond acceptors (Lipinski definition) is 3. The third-order valence-electron chi connectivity index (χ3n) is 5.00. The molecule has 4 rings (SSSR count). The van der Waals surface area contributed by atoms with Crippen LogP contribution in [0.2, 0.25) is 0 Å². The number of rotatable bonds is 3. The molecule has 2 aromatic carbocycles. The first kappa shape index (κ1) is 17.2. The molecule has 2 heterocycles. The van der Waals surface area contributed by atoms with Crippen molar-refractivity contribution < 1.29 is 14.0 Å². The van der Waals surface area contributed by atoms with Gasteiger partial charge in [-0.3, -0.25) is 9.59 Å². The fraction of sp³-hybridized carbons (Fsp3) is 0.250. The van der Waals surface area contributed by atoms with E-state index >= 15 is 0 Å². The molecular weight excluding hydrogens is 347 g/mol. The number of imidazole rings is 1. The summed E-state index contributed by atoms with van der Waals surface area (Å²) < 4.78 is 15.6. The van der Waals surface area contributed by atoms with Gasteiger partial charge in [0.2, 0.25) is 11.8 Å². The molecule has 0 bridgehead atoms. The highest BCUT2D eigenvalue weighted by molar-refractivity contribution is 6.01. The van der Waals surface area contributed by atoms with Gasteiger partial charge in [0.25, 0.3) is 0 Å². The van der Waals surface area contributed by atoms with Crippen LogP contribution < -0.4 is 10.6 Å². The maximum atomic E-state index is 13.6. The van der Waals surface area contributed by atoms with E-state index in [9.17, 15) is 14.0 Å². The summed E-state index contributed by atoms with van der Waals surface area (Å²) in [5, 5.41) is 5.54. The summed E-state index contributed by atoms with van der Waals surface area (Å²) >= 11 is 0. The van der Waals surface area contributed by atoms with Crippen LogP contribution in [0.1, 0.15) is 29.3 Å². The van der Waals surface area contributed by atoms with Crippen LogP contribution >= 0.6 is 0 Å². The van der Waals surface area contributed by atoms with Gasteiger partial charge >= 0.3 is 0 Å². The van der Waals surface area contributed by atoms with E-state index in [1.807, 2.05) is 36.7 Å². The molecule has 7 heteroatoms. The van der Waals surface area contributed by atoms with Crippen molar-refractivity contribution >= 4 is 28.5 Å². The van der Waals surface area contributed by atoms with E-state index in [-0.39, 0.29) is 18.2 Å². The first-order valence-corrected chi connectivity index (χ1v) is 8.71. The molecule has 1 aromatic heterocycles. The molecule has 0 saturated heterocycles. The molecule has 1 aliphatic rings. The van der Waals surface area contributed by atoms with E-state index in [0.717, 1.165) is 22.4 Å². The molecule has 27 heavy (non-hydrogen) atoms. The van der Waals surface area contributed by atoms with E-state index in [2.05, 4.69) is 15.6 Å². The number of carbonyl (C=O) groups excluding carboxylic acids is 2. The van der Waals surface area contributed by atoms with Gasteiger partial charge in [-0.2, -0.15) is 0 Å². The van der Waals surface area contributed by atoms with Crippen LogP contribution in [-0.2, 0) is 23.2 Å². The zero-order valence-electron chi connectivity index (χ0n) is 15.0. The Kier molecular flexibility index (Phi) is 4.14. The Bertz CT molecular complexity index is 1070. The quantitative estimate of drug-likeness (QED) is 0.748. The lowest BCUT2D eigenvalue weighted by atomic mass is 9.89. The van der Waals surface area contributed by atoms with Gasteiger partial charge in [0.05, 0.1) is 17.0 Å². The Morgan fingerprint density at radius 2 is 2.15 bits per heavy atom. The summed E-state index contributed by atoms with van der Waals surface area (Å²) in [6.07, 6.45) is 0.000751. The number of nitrogens with one attached hydrogen (secondary N) is 2. The number of anilines is 1. The van der Waals surface area contributed by atoms with Crippen LogP contribution in [0.15, 0.2) is 36.4 Å². The largest absolute Gasteiger partial charge is 0.351 e. The Balaban J connectivity index is 1.53. The number of aromatic nitrogens is 2. The van der Waals surface area contributed by atoms with Crippen molar-refractivity contribution in [3.05, 3.63) is 59.2 Å². The lowest BCUT2D eigenvalue weighted by Crippen LogP contribution is -2.34. The molecule has 0 radical (unpaired) electrons. The second-order valence-electron chi connectivity index (χ2n) is 6.80. The van der Waals surface area contributed by atoms with Crippen LogP contribution in [0.25, 0.3) is 11.0 Å². The zero-order valence-corrected chi connectivity index (χ0v) is 15.0. The Labute approximate surface area is 155 Å². The molecule has 1 atom stereocenters. The number of benzene rings is 2. The number of nitrogens with zero attached hydrogens (tertiary/aromatic N) is 2. The molecule has 2 N–H and O–H groups in total. The van der Waals surface area contributed by atoms with E-state index in [0.29, 0.717) is 17.8 Å². The fourth-order valence-electron chi connectivity index (χ4n) is 3.45. The fourth-order valence-corrected chi connectivity index (χ4v) is 3.45. The molecule has 6 nitrogen and oxygen atoms in total. The number of fused-ring (bicyclic) bond motifs is 2. The summed E-state index contributed by atoms with van der Waals surface area (Å²) in [5.74, 6) is -0.768. The molecule has 0 fully saturated rings. The number of amides is 2. The van der Waals surface area contributed by atoms with Crippen LogP contribution in [0.4, 0.5) is 10.1 Å². The first-order valence-electron chi connectivity index (χ1n) is 8.71. The van der Waals surface area contributed by atoms with Crippen LogP contribution in [-0.4, -0.2) is 21.4 Å². The molecule has 3 aromatic rings. The van der Waals surface area contributed by atoms with Gasteiger partial charge < -0.3 is 15.2 Å². The highest BCUT2D eigenvalue weighted by atomic mass is 19.1. The monoisotopic (exact) mass is 366 g/mol. The van der Waals surface area contributed by atoms with E-state index in [1.54, 1.807) is 0 Å². The van der Waals surface area contributed by atoms with Crippen molar-refractivity contribution in [3.63, 3.8) is 0 Å². The molecular formula is C20H19FN4O2. The lowest BCUT2D eigenvalue weighted by molar-refractivity contribution is -0.126. The number of carbonyl (C=O) groups is 2. The van der Waals surface area contributed by atoms with Gasteiger partial charge in [0.15, 0.2) is 0 Å². The minimum atomic E-state index is -0.703. The van der Waals surface area contributed by atoms with Crippen molar-refractivity contribution in [2.24, 2.45) is 7.05 Å². The summed E-state index contributed by atoms with van der Waals surface area (Å²) in [6.45, 7) is 2.25. The Hall–Kier alpha value is -3.22. The lowest BCUT2D eigenvalue weighted by Gasteiger charge is -2.25. The Morgan fingerprint density at radius 3 is 2.96 bits per heavy atom. The second-order valence-corrected chi connectivity index (χ2v) is 6.80. The predicted molar refractivity (Wildman–Crippen MR) is 99.7 cm³/mol. The van der Waals surface area contributed by atoms with Gasteiger partial charge in [-0.25, -0.2) is 9.37 Å². The van der Waals surface area contributed by atoms with Crippen LogP contribution in [0.5, 0.6) is 0 Å². The number of halogens is 1. The van der Waals surface area contributed by atoms with Gasteiger partial charge in [0.1, 0.15) is 11.6 Å². The zero-order chi connectivity index (χ0) is 19.1. The SMILES string of the molecule is Cc1nc2cc(CNC(=O)[C@H]3CC(=O)Nc4ccc(F)cc43)ccc2n1C. The average Bonchev–Trinajstić information content (AvgIpc) is 2.93. The maximum Gasteiger partial charge on any atom is 0.228 e. The highest BCUT2D eigenvalue weighted by Gasteiger charge is 2.30. The third-order valence-corrected chi connectivity index (χ3v) is 5.00. The molecule has 0 saturated carbocycles. The minimum Gasteiger partial charge on any atom is -0.351 e. The first-order chi connectivity index (χ1) is 12.9. The summed E-state index contributed by atoms with van der Waals surface area (Å²) in [7, 11) is 1.96. The van der Waals surface area contributed by atoms with Crippen molar-refractivity contribution in [1.29, 1.82) is 0 Å². The van der Waals surface area contributed by atoms with E-state index in [1.165, 1.54) is 18.2 Å². The molecule has 2 amide bonds. The average molecular weight is 366 g/mol. The van der Waals surface area contributed by atoms with Gasteiger partial charge in [-0.05, 0) is 48.4 Å². The van der Waals surface area contributed by atoms with E-state index < -0.39 is 11.7 Å². The normalized spacial score (nSPS) is 16.1. The number of hydrogen-bond donors (Lipinski definition) is 2. The van der Waals surface area contributed by atoms with Crippen molar-refractivity contribution in [3.8, 4) is 0 Å². The maximum absolute atomic E-state index is 13.6. The third kappa shape index (κ3) is 3.16. The van der Waals surface area contributed by atoms with Crippen molar-refractivity contribution in [2.75, 3.05) is 5.32 Å². The topological polar surface area (TPSA) is 76.0 Å². The molecule has 0 aliphatic carbocycles.